The van der Waals surface area contributed by atoms with Crippen LogP contribution >= 0.6 is 0 Å². The van der Waals surface area contributed by atoms with Crippen molar-refractivity contribution in [1.82, 2.24) is 14.7 Å². The first-order chi connectivity index (χ1) is 11.3. The molecular formula is C17H27N3O4. The number of carbonyl (C=O) groups is 1. The Morgan fingerprint density at radius 1 is 1.46 bits per heavy atom. The second-order valence-electron chi connectivity index (χ2n) is 6.91. The lowest BCUT2D eigenvalue weighted by atomic mass is 10.0. The van der Waals surface area contributed by atoms with Crippen molar-refractivity contribution < 1.29 is 14.6 Å². The fourth-order valence-electron chi connectivity index (χ4n) is 2.93. The van der Waals surface area contributed by atoms with Crippen molar-refractivity contribution in [2.45, 2.75) is 45.8 Å². The van der Waals surface area contributed by atoms with E-state index in [4.69, 9.17) is 4.74 Å². The second-order valence-corrected chi connectivity index (χ2v) is 6.91. The lowest BCUT2D eigenvalue weighted by molar-refractivity contribution is -0.141. The molecule has 1 saturated heterocycles. The van der Waals surface area contributed by atoms with Crippen LogP contribution in [0.3, 0.4) is 0 Å². The van der Waals surface area contributed by atoms with E-state index < -0.39 is 12.0 Å². The third kappa shape index (κ3) is 4.42. The van der Waals surface area contributed by atoms with Crippen LogP contribution in [0.1, 0.15) is 37.6 Å². The molecule has 0 aromatic carbocycles. The predicted octanol–water partition coefficient (Wildman–Crippen LogP) is 1.10. The monoisotopic (exact) mass is 337 g/mol. The molecule has 0 unspecified atom stereocenters. The standard InChI is InChI=1S/C17H27N3O4/c1-11(2)7-15(17(22)23)20-16(21)8-12(3)14(18-20)5-6-19-9-13(10-19)24-4/h8,11,13,15H,5-7,9-10H2,1-4H3,(H,22,23)/t15-/m0/s1. The average molecular weight is 337 g/mol. The van der Waals surface area contributed by atoms with Gasteiger partial charge in [0.05, 0.1) is 11.8 Å². The van der Waals surface area contributed by atoms with Gasteiger partial charge in [0.2, 0.25) is 0 Å². The fourth-order valence-corrected chi connectivity index (χ4v) is 2.93. The van der Waals surface area contributed by atoms with Crippen LogP contribution < -0.4 is 5.56 Å². The highest BCUT2D eigenvalue weighted by Gasteiger charge is 2.27. The van der Waals surface area contributed by atoms with Crippen molar-refractivity contribution in [2.24, 2.45) is 5.92 Å². The smallest absolute Gasteiger partial charge is 0.328 e. The zero-order valence-electron chi connectivity index (χ0n) is 14.9. The maximum absolute atomic E-state index is 12.2. The molecule has 0 spiro atoms. The molecule has 24 heavy (non-hydrogen) atoms. The molecule has 1 N–H and O–H groups in total. The van der Waals surface area contributed by atoms with E-state index in [1.54, 1.807) is 7.11 Å². The highest BCUT2D eigenvalue weighted by atomic mass is 16.5. The number of likely N-dealkylation sites (tertiary alicyclic amines) is 1. The van der Waals surface area contributed by atoms with Crippen molar-refractivity contribution in [2.75, 3.05) is 26.7 Å². The van der Waals surface area contributed by atoms with Gasteiger partial charge in [-0.3, -0.25) is 9.69 Å². The Morgan fingerprint density at radius 3 is 2.67 bits per heavy atom. The summed E-state index contributed by atoms with van der Waals surface area (Å²) in [5.41, 5.74) is 1.24. The molecule has 2 heterocycles. The van der Waals surface area contributed by atoms with E-state index in [9.17, 15) is 14.7 Å². The van der Waals surface area contributed by atoms with Crippen LogP contribution in [0.5, 0.6) is 0 Å². The summed E-state index contributed by atoms with van der Waals surface area (Å²) in [6.45, 7) is 8.35. The largest absolute Gasteiger partial charge is 0.480 e. The van der Waals surface area contributed by atoms with E-state index in [0.717, 1.165) is 35.6 Å². The highest BCUT2D eigenvalue weighted by molar-refractivity contribution is 5.71. The molecule has 0 amide bonds. The molecule has 7 nitrogen and oxygen atoms in total. The van der Waals surface area contributed by atoms with E-state index in [1.165, 1.54) is 6.07 Å². The number of hydrogen-bond donors (Lipinski definition) is 1. The number of aliphatic carboxylic acids is 1. The fraction of sp³-hybridized carbons (Fsp3) is 0.706. The summed E-state index contributed by atoms with van der Waals surface area (Å²) < 4.78 is 6.39. The predicted molar refractivity (Wildman–Crippen MR) is 90.3 cm³/mol. The third-order valence-corrected chi connectivity index (χ3v) is 4.45. The Bertz CT molecular complexity index is 635. The molecule has 2 rings (SSSR count). The van der Waals surface area contributed by atoms with Gasteiger partial charge in [-0.05, 0) is 24.8 Å². The van der Waals surface area contributed by atoms with Gasteiger partial charge >= 0.3 is 5.97 Å². The molecule has 1 aliphatic heterocycles. The van der Waals surface area contributed by atoms with E-state index in [-0.39, 0.29) is 11.5 Å². The van der Waals surface area contributed by atoms with Gasteiger partial charge < -0.3 is 9.84 Å². The molecule has 134 valence electrons. The van der Waals surface area contributed by atoms with Gasteiger partial charge in [0.1, 0.15) is 0 Å². The van der Waals surface area contributed by atoms with Crippen molar-refractivity contribution in [3.8, 4) is 0 Å². The number of rotatable bonds is 8. The summed E-state index contributed by atoms with van der Waals surface area (Å²) in [5, 5.41) is 13.8. The molecule has 1 fully saturated rings. The van der Waals surface area contributed by atoms with Gasteiger partial charge in [0.25, 0.3) is 5.56 Å². The number of carboxylic acid groups (broad SMARTS) is 1. The van der Waals surface area contributed by atoms with Crippen molar-refractivity contribution >= 4 is 5.97 Å². The summed E-state index contributed by atoms with van der Waals surface area (Å²) in [5.74, 6) is -0.851. The number of hydrogen-bond acceptors (Lipinski definition) is 5. The van der Waals surface area contributed by atoms with Crippen LogP contribution in [0.15, 0.2) is 10.9 Å². The quantitative estimate of drug-likeness (QED) is 0.764. The summed E-state index contributed by atoms with van der Waals surface area (Å²) >= 11 is 0. The molecule has 0 radical (unpaired) electrons. The normalized spacial score (nSPS) is 17.0. The Morgan fingerprint density at radius 2 is 2.12 bits per heavy atom. The topological polar surface area (TPSA) is 84.7 Å². The minimum atomic E-state index is -1.02. The molecule has 1 aromatic rings. The van der Waals surface area contributed by atoms with Crippen molar-refractivity contribution in [1.29, 1.82) is 0 Å². The Hall–Kier alpha value is -1.73. The molecule has 0 bridgehead atoms. The SMILES string of the molecule is COC1CN(CCc2nn([C@@H](CC(C)C)C(=O)O)c(=O)cc2C)C1. The maximum Gasteiger partial charge on any atom is 0.328 e. The van der Waals surface area contributed by atoms with E-state index in [1.807, 2.05) is 20.8 Å². The molecule has 7 heteroatoms. The van der Waals surface area contributed by atoms with Crippen LogP contribution in [0, 0.1) is 12.8 Å². The van der Waals surface area contributed by atoms with Gasteiger partial charge in [0.15, 0.2) is 6.04 Å². The van der Waals surface area contributed by atoms with Crippen LogP contribution in [-0.4, -0.2) is 58.6 Å². The van der Waals surface area contributed by atoms with E-state index in [2.05, 4.69) is 10.00 Å². The van der Waals surface area contributed by atoms with Gasteiger partial charge in [-0.25, -0.2) is 9.48 Å². The summed E-state index contributed by atoms with van der Waals surface area (Å²) in [6, 6.07) is 0.575. The van der Waals surface area contributed by atoms with Gasteiger partial charge in [0, 0.05) is 39.2 Å². The zero-order chi connectivity index (χ0) is 17.9. The number of methoxy groups -OCH3 is 1. The van der Waals surface area contributed by atoms with E-state index in [0.29, 0.717) is 18.9 Å². The minimum absolute atomic E-state index is 0.164. The molecule has 1 atom stereocenters. The van der Waals surface area contributed by atoms with Crippen molar-refractivity contribution in [3.63, 3.8) is 0 Å². The molecule has 1 aromatic heterocycles. The highest BCUT2D eigenvalue weighted by Crippen LogP contribution is 2.17. The van der Waals surface area contributed by atoms with Crippen LogP contribution in [-0.2, 0) is 16.0 Å². The first kappa shape index (κ1) is 18.6. The number of aromatic nitrogens is 2. The molecule has 0 saturated carbocycles. The Kier molecular flexibility index (Phi) is 6.12. The lowest BCUT2D eigenvalue weighted by Gasteiger charge is -2.38. The second kappa shape index (κ2) is 7.90. The van der Waals surface area contributed by atoms with Crippen LogP contribution in [0.2, 0.25) is 0 Å². The average Bonchev–Trinajstić information content (AvgIpc) is 2.45. The van der Waals surface area contributed by atoms with Crippen molar-refractivity contribution in [3.05, 3.63) is 27.7 Å². The van der Waals surface area contributed by atoms with Gasteiger partial charge in [-0.15, -0.1) is 0 Å². The van der Waals surface area contributed by atoms with E-state index >= 15 is 0 Å². The number of carboxylic acids is 1. The lowest BCUT2D eigenvalue weighted by Crippen LogP contribution is -2.52. The Balaban J connectivity index is 2.14. The minimum Gasteiger partial charge on any atom is -0.480 e. The molecular weight excluding hydrogens is 310 g/mol. The first-order valence-electron chi connectivity index (χ1n) is 8.39. The summed E-state index contributed by atoms with van der Waals surface area (Å²) in [4.78, 5) is 26.0. The third-order valence-electron chi connectivity index (χ3n) is 4.45. The number of nitrogens with zero attached hydrogens (tertiary/aromatic N) is 3. The summed E-state index contributed by atoms with van der Waals surface area (Å²) in [6.07, 6.45) is 1.37. The summed E-state index contributed by atoms with van der Waals surface area (Å²) in [7, 11) is 1.71. The number of ether oxygens (including phenoxy) is 1. The van der Waals surface area contributed by atoms with Crippen LogP contribution in [0.4, 0.5) is 0 Å². The molecule has 1 aliphatic rings. The van der Waals surface area contributed by atoms with Crippen LogP contribution in [0.25, 0.3) is 0 Å². The van der Waals surface area contributed by atoms with Gasteiger partial charge in [-0.2, -0.15) is 5.10 Å². The number of aryl methyl sites for hydroxylation is 1. The Labute approximate surface area is 142 Å². The van der Waals surface area contributed by atoms with Gasteiger partial charge in [-0.1, -0.05) is 13.8 Å². The maximum atomic E-state index is 12.2. The first-order valence-corrected chi connectivity index (χ1v) is 8.39. The zero-order valence-corrected chi connectivity index (χ0v) is 14.9. The molecule has 0 aliphatic carbocycles.